The smallest absolute Gasteiger partial charge is 0.296 e. The van der Waals surface area contributed by atoms with E-state index in [0.717, 1.165) is 5.56 Å². The molecule has 1 amide bonds. The average molecular weight is 378 g/mol. The molecule has 1 aliphatic heterocycles. The van der Waals surface area contributed by atoms with E-state index in [4.69, 9.17) is 0 Å². The van der Waals surface area contributed by atoms with Gasteiger partial charge in [-0.25, -0.2) is 14.1 Å². The average Bonchev–Trinajstić information content (AvgIpc) is 2.59. The summed E-state index contributed by atoms with van der Waals surface area (Å²) in [6.07, 6.45) is -0.223. The minimum Gasteiger partial charge on any atom is -0.502 e. The van der Waals surface area contributed by atoms with Gasteiger partial charge in [0.1, 0.15) is 11.6 Å². The Hall–Kier alpha value is -2.39. The number of hydrogen-bond donors (Lipinski definition) is 3. The summed E-state index contributed by atoms with van der Waals surface area (Å²) in [5.74, 6) is -0.449. The van der Waals surface area contributed by atoms with Gasteiger partial charge in [-0.15, -0.1) is 0 Å². The summed E-state index contributed by atoms with van der Waals surface area (Å²) in [5.41, 5.74) is -0.349. The van der Waals surface area contributed by atoms with Gasteiger partial charge in [0.05, 0.1) is 23.5 Å². The lowest BCUT2D eigenvalue weighted by molar-refractivity contribution is -0.120. The van der Waals surface area contributed by atoms with Gasteiger partial charge in [-0.2, -0.15) is 0 Å². The molecule has 1 aromatic carbocycles. The number of carbonyl (C=O) groups excluding carboxylic acids is 1. The fourth-order valence-corrected chi connectivity index (χ4v) is 3.53. The number of hydrogen-bond acceptors (Lipinski definition) is 6. The first-order chi connectivity index (χ1) is 12.3. The Kier molecular flexibility index (Phi) is 5.01. The van der Waals surface area contributed by atoms with Gasteiger partial charge in [-0.3, -0.25) is 14.2 Å². The number of nitrogens with one attached hydrogen (secondary N) is 2. The number of rotatable bonds is 4. The van der Waals surface area contributed by atoms with Gasteiger partial charge in [0.2, 0.25) is 11.7 Å². The molecule has 9 heteroatoms. The molecule has 3 N–H and O–H groups in total. The zero-order valence-electron chi connectivity index (χ0n) is 14.4. The Bertz CT molecular complexity index is 896. The van der Waals surface area contributed by atoms with Crippen molar-refractivity contribution in [3.8, 4) is 5.75 Å². The van der Waals surface area contributed by atoms with E-state index in [0.29, 0.717) is 11.7 Å². The van der Waals surface area contributed by atoms with E-state index in [2.05, 4.69) is 15.0 Å². The molecule has 0 saturated carbocycles. The minimum atomic E-state index is -0.574. The van der Waals surface area contributed by atoms with Gasteiger partial charge >= 0.3 is 0 Å². The molecule has 2 heterocycles. The molecular formula is C17H19FN4O3S. The molecular weight excluding hydrogens is 359 g/mol. The van der Waals surface area contributed by atoms with Crippen LogP contribution in [0.1, 0.15) is 30.9 Å². The maximum atomic E-state index is 12.9. The predicted octanol–water partition coefficient (Wildman–Crippen LogP) is 1.39. The van der Waals surface area contributed by atoms with Gasteiger partial charge in [0.25, 0.3) is 5.56 Å². The number of carbonyl (C=O) groups is 1. The highest BCUT2D eigenvalue weighted by atomic mass is 32.2. The van der Waals surface area contributed by atoms with Gasteiger partial charge in [-0.1, -0.05) is 24.1 Å². The summed E-state index contributed by atoms with van der Waals surface area (Å²) in [6, 6.07) is 5.77. The standard InChI is InChI=1S/C17H19FN4O3S/c1-17(2)16-20-12(14(24)15(25)22(16)9-26-21-17)7-13(23)19-8-10-3-5-11(18)6-4-10/h3-6,21,24H,7-9H2,1-2H3,(H,19,23). The van der Waals surface area contributed by atoms with Crippen molar-refractivity contribution in [2.45, 2.75) is 38.2 Å². The SMILES string of the molecule is CC1(C)NSCn2c1nc(CC(=O)NCc1ccc(F)cc1)c(O)c2=O. The van der Waals surface area contributed by atoms with E-state index in [-0.39, 0.29) is 24.5 Å². The van der Waals surface area contributed by atoms with E-state index in [1.807, 2.05) is 13.8 Å². The number of halogens is 1. The second-order valence-corrected chi connectivity index (χ2v) is 7.30. The summed E-state index contributed by atoms with van der Waals surface area (Å²) >= 11 is 1.35. The summed E-state index contributed by atoms with van der Waals surface area (Å²) in [6.45, 7) is 3.95. The van der Waals surface area contributed by atoms with Crippen molar-refractivity contribution in [3.63, 3.8) is 0 Å². The summed E-state index contributed by atoms with van der Waals surface area (Å²) < 4.78 is 17.5. The number of benzene rings is 1. The third-order valence-electron chi connectivity index (χ3n) is 4.03. The van der Waals surface area contributed by atoms with E-state index in [1.54, 1.807) is 12.1 Å². The van der Waals surface area contributed by atoms with Gasteiger partial charge in [-0.05, 0) is 31.5 Å². The lowest BCUT2D eigenvalue weighted by Crippen LogP contribution is -2.44. The monoisotopic (exact) mass is 378 g/mol. The van der Waals surface area contributed by atoms with Crippen LogP contribution >= 0.6 is 11.9 Å². The van der Waals surface area contributed by atoms with Crippen LogP contribution in [-0.2, 0) is 29.2 Å². The number of fused-ring (bicyclic) bond motifs is 1. The van der Waals surface area contributed by atoms with Crippen LogP contribution < -0.4 is 15.6 Å². The topological polar surface area (TPSA) is 96.2 Å². The van der Waals surface area contributed by atoms with E-state index >= 15 is 0 Å². The highest BCUT2D eigenvalue weighted by Crippen LogP contribution is 2.27. The van der Waals surface area contributed by atoms with Crippen LogP contribution in [0.5, 0.6) is 5.75 Å². The molecule has 2 aromatic rings. The van der Waals surface area contributed by atoms with Crippen LogP contribution in [0.25, 0.3) is 0 Å². The number of aromatic nitrogens is 2. The fourth-order valence-electron chi connectivity index (χ4n) is 2.65. The molecule has 0 saturated heterocycles. The predicted molar refractivity (Wildman–Crippen MR) is 95.9 cm³/mol. The second kappa shape index (κ2) is 7.08. The van der Waals surface area contributed by atoms with Crippen LogP contribution in [0.15, 0.2) is 29.1 Å². The number of aromatic hydroxyl groups is 1. The quantitative estimate of drug-likeness (QED) is 0.696. The zero-order chi connectivity index (χ0) is 18.9. The molecule has 0 unspecified atom stereocenters. The molecule has 0 radical (unpaired) electrons. The van der Waals surface area contributed by atoms with Crippen molar-refractivity contribution in [1.82, 2.24) is 19.6 Å². The molecule has 0 bridgehead atoms. The largest absolute Gasteiger partial charge is 0.502 e. The van der Waals surface area contributed by atoms with Gasteiger partial charge in [0, 0.05) is 6.54 Å². The fraction of sp³-hybridized carbons (Fsp3) is 0.353. The Morgan fingerprint density at radius 1 is 1.42 bits per heavy atom. The van der Waals surface area contributed by atoms with Crippen molar-refractivity contribution in [2.75, 3.05) is 0 Å². The molecule has 7 nitrogen and oxygen atoms in total. The first kappa shape index (κ1) is 18.4. The molecule has 0 spiro atoms. The van der Waals surface area contributed by atoms with E-state index in [1.165, 1.54) is 28.6 Å². The van der Waals surface area contributed by atoms with Crippen LogP contribution in [0, 0.1) is 5.82 Å². The first-order valence-corrected chi connectivity index (χ1v) is 9.00. The lowest BCUT2D eigenvalue weighted by atomic mass is 10.1. The second-order valence-electron chi connectivity index (χ2n) is 6.54. The Morgan fingerprint density at radius 2 is 2.12 bits per heavy atom. The Labute approximate surface area is 153 Å². The highest BCUT2D eigenvalue weighted by molar-refractivity contribution is 7.96. The molecule has 138 valence electrons. The molecule has 3 rings (SSSR count). The summed E-state index contributed by atoms with van der Waals surface area (Å²) in [5, 5.41) is 12.8. The van der Waals surface area contributed by atoms with E-state index < -0.39 is 22.8 Å². The molecule has 0 atom stereocenters. The van der Waals surface area contributed by atoms with Crippen molar-refractivity contribution in [3.05, 3.63) is 57.5 Å². The molecule has 1 aliphatic rings. The number of nitrogens with zero attached hydrogens (tertiary/aromatic N) is 2. The molecule has 26 heavy (non-hydrogen) atoms. The van der Waals surface area contributed by atoms with Crippen LogP contribution in [0.3, 0.4) is 0 Å². The zero-order valence-corrected chi connectivity index (χ0v) is 15.2. The maximum absolute atomic E-state index is 12.9. The van der Waals surface area contributed by atoms with Gasteiger partial charge in [0.15, 0.2) is 0 Å². The van der Waals surface area contributed by atoms with Crippen LogP contribution in [0.4, 0.5) is 4.39 Å². The van der Waals surface area contributed by atoms with Crippen molar-refractivity contribution in [2.24, 2.45) is 0 Å². The lowest BCUT2D eigenvalue weighted by Gasteiger charge is -2.32. The van der Waals surface area contributed by atoms with Crippen molar-refractivity contribution < 1.29 is 14.3 Å². The molecule has 1 aromatic heterocycles. The van der Waals surface area contributed by atoms with E-state index in [9.17, 15) is 19.1 Å². The number of amides is 1. The van der Waals surface area contributed by atoms with Crippen LogP contribution in [-0.4, -0.2) is 20.6 Å². The normalized spacial score (nSPS) is 15.3. The third kappa shape index (κ3) is 3.73. The minimum absolute atomic E-state index is 0.0413. The Morgan fingerprint density at radius 3 is 2.81 bits per heavy atom. The van der Waals surface area contributed by atoms with Crippen molar-refractivity contribution >= 4 is 17.9 Å². The molecule has 0 fully saturated rings. The highest BCUT2D eigenvalue weighted by Gasteiger charge is 2.32. The third-order valence-corrected chi connectivity index (χ3v) is 5.07. The Balaban J connectivity index is 1.77. The summed E-state index contributed by atoms with van der Waals surface area (Å²) in [4.78, 5) is 28.9. The van der Waals surface area contributed by atoms with Crippen molar-refractivity contribution in [1.29, 1.82) is 0 Å². The molecule has 0 aliphatic carbocycles. The first-order valence-electron chi connectivity index (χ1n) is 8.01. The van der Waals surface area contributed by atoms with Crippen LogP contribution in [0.2, 0.25) is 0 Å². The summed E-state index contributed by atoms with van der Waals surface area (Å²) in [7, 11) is 0. The van der Waals surface area contributed by atoms with Gasteiger partial charge < -0.3 is 10.4 Å². The maximum Gasteiger partial charge on any atom is 0.296 e.